The molecule has 0 saturated heterocycles. The molecule has 0 radical (unpaired) electrons. The van der Waals surface area contributed by atoms with E-state index < -0.39 is 17.7 Å². The average Bonchev–Trinajstić information content (AvgIpc) is 2.67. The third-order valence-electron chi connectivity index (χ3n) is 3.97. The van der Waals surface area contributed by atoms with Crippen LogP contribution in [0.5, 0.6) is 0 Å². The quantitative estimate of drug-likeness (QED) is 0.637. The third-order valence-corrected chi connectivity index (χ3v) is 3.97. The van der Waals surface area contributed by atoms with Gasteiger partial charge < -0.3 is 10.1 Å². The number of carbonyl (C=O) groups is 1. The maximum absolute atomic E-state index is 13.0. The molecule has 0 aliphatic heterocycles. The van der Waals surface area contributed by atoms with Crippen LogP contribution in [0.1, 0.15) is 28.4 Å². The number of alkyl halides is 3. The van der Waals surface area contributed by atoms with E-state index in [1.54, 1.807) is 25.1 Å². The molecular weight excluding hydrogens is 371 g/mol. The van der Waals surface area contributed by atoms with E-state index >= 15 is 0 Å². The van der Waals surface area contributed by atoms with Gasteiger partial charge in [-0.25, -0.2) is 4.79 Å². The van der Waals surface area contributed by atoms with Crippen LogP contribution in [0.2, 0.25) is 0 Å². The number of esters is 1. The van der Waals surface area contributed by atoms with Gasteiger partial charge in [0, 0.05) is 17.3 Å². The molecule has 1 aromatic heterocycles. The first-order valence-corrected chi connectivity index (χ1v) is 8.28. The first-order chi connectivity index (χ1) is 13.3. The van der Waals surface area contributed by atoms with Gasteiger partial charge in [-0.05, 0) is 31.2 Å². The summed E-state index contributed by atoms with van der Waals surface area (Å²) >= 11 is 0. The number of hydrogen-bond donors (Lipinski definition) is 1. The molecule has 0 unspecified atom stereocenters. The molecule has 3 rings (SSSR count). The molecule has 142 valence electrons. The molecule has 0 amide bonds. The number of nitrogens with zero attached hydrogens (tertiary/aromatic N) is 2. The highest BCUT2D eigenvalue weighted by Gasteiger charge is 2.30. The number of ether oxygens (including phenoxy) is 1. The van der Waals surface area contributed by atoms with Gasteiger partial charge in [-0.2, -0.15) is 18.4 Å². The summed E-state index contributed by atoms with van der Waals surface area (Å²) in [6, 6.07) is 11.4. The van der Waals surface area contributed by atoms with Crippen molar-refractivity contribution < 1.29 is 22.7 Å². The standard InChI is InChI=1S/C20H14F3N3O2/c1-2-28-19(27)16-11-25-17-12(10-24)5-3-8-15(17)18(16)26-14-7-4-6-13(9-14)20(21,22)23/h3-9,11H,2H2,1H3,(H,25,26). The van der Waals surface area contributed by atoms with Crippen molar-refractivity contribution in [1.82, 2.24) is 4.98 Å². The smallest absolute Gasteiger partial charge is 0.416 e. The maximum atomic E-state index is 13.0. The van der Waals surface area contributed by atoms with Crippen molar-refractivity contribution in [2.75, 3.05) is 11.9 Å². The molecule has 0 saturated carbocycles. The Labute approximate surface area is 158 Å². The fraction of sp³-hybridized carbons (Fsp3) is 0.150. The molecule has 2 aromatic carbocycles. The fourth-order valence-electron chi connectivity index (χ4n) is 2.73. The number of benzene rings is 2. The molecule has 0 fully saturated rings. The highest BCUT2D eigenvalue weighted by Crippen LogP contribution is 2.34. The Morgan fingerprint density at radius 2 is 2.00 bits per heavy atom. The number of rotatable bonds is 4. The van der Waals surface area contributed by atoms with Gasteiger partial charge in [0.15, 0.2) is 0 Å². The van der Waals surface area contributed by atoms with Gasteiger partial charge in [0.05, 0.1) is 28.9 Å². The number of para-hydroxylation sites is 1. The van der Waals surface area contributed by atoms with Gasteiger partial charge in [0.1, 0.15) is 11.6 Å². The third kappa shape index (κ3) is 3.74. The highest BCUT2D eigenvalue weighted by molar-refractivity contribution is 6.07. The highest BCUT2D eigenvalue weighted by atomic mass is 19.4. The number of fused-ring (bicyclic) bond motifs is 1. The number of nitrogens with one attached hydrogen (secondary N) is 1. The predicted molar refractivity (Wildman–Crippen MR) is 97.1 cm³/mol. The molecule has 0 bridgehead atoms. The molecular formula is C20H14F3N3O2. The molecule has 8 heteroatoms. The van der Waals surface area contributed by atoms with Crippen LogP contribution in [-0.2, 0) is 10.9 Å². The SMILES string of the molecule is CCOC(=O)c1cnc2c(C#N)cccc2c1Nc1cccc(C(F)(F)F)c1. The normalized spacial score (nSPS) is 11.1. The van der Waals surface area contributed by atoms with Gasteiger partial charge in [-0.15, -0.1) is 0 Å². The van der Waals surface area contributed by atoms with E-state index in [4.69, 9.17) is 4.74 Å². The molecule has 0 aliphatic carbocycles. The molecule has 1 N–H and O–H groups in total. The minimum absolute atomic E-state index is 0.0573. The van der Waals surface area contributed by atoms with Gasteiger partial charge in [-0.3, -0.25) is 4.98 Å². The second-order valence-corrected chi connectivity index (χ2v) is 5.78. The minimum Gasteiger partial charge on any atom is -0.462 e. The lowest BCUT2D eigenvalue weighted by molar-refractivity contribution is -0.137. The Morgan fingerprint density at radius 1 is 1.25 bits per heavy atom. The Morgan fingerprint density at radius 3 is 2.68 bits per heavy atom. The van der Waals surface area contributed by atoms with E-state index in [9.17, 15) is 23.2 Å². The topological polar surface area (TPSA) is 75.0 Å². The largest absolute Gasteiger partial charge is 0.462 e. The summed E-state index contributed by atoms with van der Waals surface area (Å²) in [6.07, 6.45) is -3.26. The van der Waals surface area contributed by atoms with Crippen LogP contribution in [0.3, 0.4) is 0 Å². The van der Waals surface area contributed by atoms with Gasteiger partial charge >= 0.3 is 12.1 Å². The van der Waals surface area contributed by atoms with E-state index in [0.717, 1.165) is 12.1 Å². The van der Waals surface area contributed by atoms with Crippen molar-refractivity contribution in [1.29, 1.82) is 5.26 Å². The van der Waals surface area contributed by atoms with E-state index in [1.807, 2.05) is 6.07 Å². The second-order valence-electron chi connectivity index (χ2n) is 5.78. The van der Waals surface area contributed by atoms with Crippen LogP contribution < -0.4 is 5.32 Å². The molecule has 0 atom stereocenters. The fourth-order valence-corrected chi connectivity index (χ4v) is 2.73. The number of halogens is 3. The molecule has 3 aromatic rings. The Hall–Kier alpha value is -3.60. The van der Waals surface area contributed by atoms with Crippen LogP contribution in [0.4, 0.5) is 24.5 Å². The zero-order valence-electron chi connectivity index (χ0n) is 14.7. The minimum atomic E-state index is -4.50. The Kier molecular flexibility index (Phi) is 5.18. The number of hydrogen-bond acceptors (Lipinski definition) is 5. The maximum Gasteiger partial charge on any atom is 0.416 e. The summed E-state index contributed by atoms with van der Waals surface area (Å²) in [7, 11) is 0. The number of nitriles is 1. The van der Waals surface area contributed by atoms with Gasteiger partial charge in [0.25, 0.3) is 0 Å². The van der Waals surface area contributed by atoms with Crippen molar-refractivity contribution in [2.24, 2.45) is 0 Å². The second kappa shape index (κ2) is 7.56. The van der Waals surface area contributed by atoms with Crippen LogP contribution in [-0.4, -0.2) is 17.6 Å². The summed E-state index contributed by atoms with van der Waals surface area (Å²) in [5.74, 6) is -0.672. The number of anilines is 2. The lowest BCUT2D eigenvalue weighted by atomic mass is 10.1. The lowest BCUT2D eigenvalue weighted by Crippen LogP contribution is -2.10. The summed E-state index contributed by atoms with van der Waals surface area (Å²) in [6.45, 7) is 1.76. The van der Waals surface area contributed by atoms with Crippen molar-refractivity contribution in [2.45, 2.75) is 13.1 Å². The summed E-state index contributed by atoms with van der Waals surface area (Å²) in [5, 5.41) is 12.6. The van der Waals surface area contributed by atoms with E-state index in [2.05, 4.69) is 10.3 Å². The van der Waals surface area contributed by atoms with E-state index in [-0.39, 0.29) is 29.1 Å². The number of pyridine rings is 1. The van der Waals surface area contributed by atoms with Gasteiger partial charge in [0.2, 0.25) is 0 Å². The summed E-state index contributed by atoms with van der Waals surface area (Å²) in [5.41, 5.74) is 0.191. The van der Waals surface area contributed by atoms with Crippen LogP contribution in [0.15, 0.2) is 48.7 Å². The van der Waals surface area contributed by atoms with Crippen molar-refractivity contribution in [3.63, 3.8) is 0 Å². The van der Waals surface area contributed by atoms with Crippen LogP contribution in [0, 0.1) is 11.3 Å². The Balaban J connectivity index is 2.19. The average molecular weight is 385 g/mol. The monoisotopic (exact) mass is 385 g/mol. The van der Waals surface area contributed by atoms with Crippen molar-refractivity contribution >= 4 is 28.2 Å². The summed E-state index contributed by atoms with van der Waals surface area (Å²) < 4.78 is 44.1. The lowest BCUT2D eigenvalue weighted by Gasteiger charge is -2.15. The van der Waals surface area contributed by atoms with Crippen molar-refractivity contribution in [3.8, 4) is 6.07 Å². The van der Waals surface area contributed by atoms with Crippen LogP contribution >= 0.6 is 0 Å². The number of carbonyl (C=O) groups excluding carboxylic acids is 1. The molecule has 5 nitrogen and oxygen atoms in total. The molecule has 1 heterocycles. The molecule has 28 heavy (non-hydrogen) atoms. The molecule has 0 aliphatic rings. The van der Waals surface area contributed by atoms with Crippen LogP contribution in [0.25, 0.3) is 10.9 Å². The van der Waals surface area contributed by atoms with E-state index in [0.29, 0.717) is 10.9 Å². The number of aromatic nitrogens is 1. The summed E-state index contributed by atoms with van der Waals surface area (Å²) in [4.78, 5) is 16.5. The van der Waals surface area contributed by atoms with E-state index in [1.165, 1.54) is 18.3 Å². The first-order valence-electron chi connectivity index (χ1n) is 8.28. The van der Waals surface area contributed by atoms with Crippen molar-refractivity contribution in [3.05, 3.63) is 65.4 Å². The first kappa shape index (κ1) is 19.2. The molecule has 0 spiro atoms. The Bertz CT molecular complexity index is 1090. The predicted octanol–water partition coefficient (Wildman–Crippen LogP) is 5.05. The zero-order valence-corrected chi connectivity index (χ0v) is 14.7. The zero-order chi connectivity index (χ0) is 20.3. The van der Waals surface area contributed by atoms with Gasteiger partial charge in [-0.1, -0.05) is 18.2 Å².